The number of rotatable bonds is 31. The van der Waals surface area contributed by atoms with Crippen LogP contribution >= 0.6 is 21.6 Å². The highest BCUT2D eigenvalue weighted by molar-refractivity contribution is 8.76. The predicted octanol–water partition coefficient (Wildman–Crippen LogP) is 8.73. The van der Waals surface area contributed by atoms with E-state index in [9.17, 15) is 9.59 Å². The Balaban J connectivity index is 3.52. The van der Waals surface area contributed by atoms with Crippen LogP contribution in [-0.4, -0.2) is 48.7 Å². The van der Waals surface area contributed by atoms with Crippen LogP contribution in [0.2, 0.25) is 0 Å². The lowest BCUT2D eigenvalue weighted by atomic mass is 10.1. The molecule has 2 atom stereocenters. The van der Waals surface area contributed by atoms with Gasteiger partial charge in [-0.1, -0.05) is 164 Å². The van der Waals surface area contributed by atoms with E-state index in [1.165, 1.54) is 137 Å². The van der Waals surface area contributed by atoms with E-state index in [-0.39, 0.29) is 11.9 Å². The summed E-state index contributed by atoms with van der Waals surface area (Å²) in [4.78, 5) is 24.2. The van der Waals surface area contributed by atoms with Crippen molar-refractivity contribution in [2.24, 2.45) is 11.5 Å². The van der Waals surface area contributed by atoms with Crippen molar-refractivity contribution in [3.63, 3.8) is 0 Å². The molecule has 0 amide bonds. The SMILES string of the molecule is CCCCCCCCCCCCCOC(=O)C(N)CSSC[C@H](N)C(=O)OCCCCCCCCCCCCC. The van der Waals surface area contributed by atoms with Crippen molar-refractivity contribution in [1.29, 1.82) is 0 Å². The minimum atomic E-state index is -0.658. The first-order chi connectivity index (χ1) is 19.5. The standard InChI is InChI=1S/C32H64N2O4S2/c1-3-5-7-9-11-13-15-17-19-21-23-25-37-31(35)29(33)27-39-40-28-30(34)32(36)38-26-24-22-20-18-16-14-12-10-8-6-4-2/h29-30H,3-28,33-34H2,1-2H3/t29-,30?/m0/s1. The highest BCUT2D eigenvalue weighted by Gasteiger charge is 2.18. The highest BCUT2D eigenvalue weighted by Crippen LogP contribution is 2.23. The minimum Gasteiger partial charge on any atom is -0.465 e. The lowest BCUT2D eigenvalue weighted by Crippen LogP contribution is -2.35. The quantitative estimate of drug-likeness (QED) is 0.0460. The van der Waals surface area contributed by atoms with Gasteiger partial charge in [0.25, 0.3) is 0 Å². The van der Waals surface area contributed by atoms with Crippen molar-refractivity contribution < 1.29 is 19.1 Å². The molecule has 0 aromatic carbocycles. The molecule has 6 nitrogen and oxygen atoms in total. The van der Waals surface area contributed by atoms with Gasteiger partial charge in [-0.3, -0.25) is 9.59 Å². The van der Waals surface area contributed by atoms with E-state index >= 15 is 0 Å². The first kappa shape index (κ1) is 39.6. The largest absolute Gasteiger partial charge is 0.465 e. The average Bonchev–Trinajstić information content (AvgIpc) is 2.95. The van der Waals surface area contributed by atoms with Crippen LogP contribution in [0.1, 0.15) is 155 Å². The molecule has 238 valence electrons. The Kier molecular flexibility index (Phi) is 31.1. The van der Waals surface area contributed by atoms with Gasteiger partial charge in [-0.05, 0) is 12.8 Å². The molecule has 0 aromatic heterocycles. The smallest absolute Gasteiger partial charge is 0.323 e. The van der Waals surface area contributed by atoms with Gasteiger partial charge in [0, 0.05) is 11.5 Å². The van der Waals surface area contributed by atoms with Crippen LogP contribution < -0.4 is 11.5 Å². The van der Waals surface area contributed by atoms with Crippen molar-refractivity contribution in [2.45, 2.75) is 167 Å². The maximum absolute atomic E-state index is 12.1. The Labute approximate surface area is 255 Å². The number of esters is 2. The fourth-order valence-electron chi connectivity index (χ4n) is 4.47. The third-order valence-electron chi connectivity index (χ3n) is 7.17. The van der Waals surface area contributed by atoms with E-state index in [0.717, 1.165) is 25.7 Å². The first-order valence-electron chi connectivity index (χ1n) is 16.6. The molecule has 0 heterocycles. The van der Waals surface area contributed by atoms with Crippen LogP contribution in [0.25, 0.3) is 0 Å². The maximum Gasteiger partial charge on any atom is 0.323 e. The molecule has 0 aromatic rings. The summed E-state index contributed by atoms with van der Waals surface area (Å²) in [6, 6.07) is -1.32. The van der Waals surface area contributed by atoms with Crippen LogP contribution in [0.15, 0.2) is 0 Å². The summed E-state index contributed by atoms with van der Waals surface area (Å²) in [6.07, 6.45) is 27.8. The van der Waals surface area contributed by atoms with Crippen molar-refractivity contribution in [3.8, 4) is 0 Å². The van der Waals surface area contributed by atoms with Gasteiger partial charge in [-0.25, -0.2) is 0 Å². The van der Waals surface area contributed by atoms with E-state index in [4.69, 9.17) is 20.9 Å². The van der Waals surface area contributed by atoms with Gasteiger partial charge in [0.1, 0.15) is 12.1 Å². The fraction of sp³-hybridized carbons (Fsp3) is 0.938. The molecule has 0 aliphatic rings. The van der Waals surface area contributed by atoms with Crippen LogP contribution in [0.5, 0.6) is 0 Å². The summed E-state index contributed by atoms with van der Waals surface area (Å²) in [5.41, 5.74) is 11.9. The molecule has 0 aliphatic heterocycles. The molecule has 8 heteroatoms. The molecule has 0 fully saturated rings. The second kappa shape index (κ2) is 31.5. The average molecular weight is 605 g/mol. The van der Waals surface area contributed by atoms with Gasteiger partial charge in [-0.15, -0.1) is 0 Å². The molecule has 0 spiro atoms. The number of nitrogens with two attached hydrogens (primary N) is 2. The summed E-state index contributed by atoms with van der Waals surface area (Å²) in [7, 11) is 2.89. The van der Waals surface area contributed by atoms with Crippen molar-refractivity contribution >= 4 is 33.5 Å². The second-order valence-electron chi connectivity index (χ2n) is 11.2. The zero-order valence-electron chi connectivity index (χ0n) is 26.1. The van der Waals surface area contributed by atoms with E-state index in [2.05, 4.69) is 13.8 Å². The van der Waals surface area contributed by atoms with Crippen LogP contribution in [0.3, 0.4) is 0 Å². The van der Waals surface area contributed by atoms with Crippen LogP contribution in [0, 0.1) is 0 Å². The van der Waals surface area contributed by atoms with E-state index in [1.54, 1.807) is 0 Å². The summed E-state index contributed by atoms with van der Waals surface area (Å²) < 4.78 is 10.7. The van der Waals surface area contributed by atoms with Crippen molar-refractivity contribution in [3.05, 3.63) is 0 Å². The van der Waals surface area contributed by atoms with E-state index in [0.29, 0.717) is 24.7 Å². The number of unbranched alkanes of at least 4 members (excludes halogenated alkanes) is 20. The zero-order valence-corrected chi connectivity index (χ0v) is 27.8. The molecule has 0 radical (unpaired) electrons. The Morgan fingerprint density at radius 2 is 0.725 bits per heavy atom. The van der Waals surface area contributed by atoms with Gasteiger partial charge >= 0.3 is 11.9 Å². The zero-order chi connectivity index (χ0) is 29.5. The fourth-order valence-corrected chi connectivity index (χ4v) is 6.69. The van der Waals surface area contributed by atoms with E-state index in [1.807, 2.05) is 0 Å². The predicted molar refractivity (Wildman–Crippen MR) is 176 cm³/mol. The van der Waals surface area contributed by atoms with Gasteiger partial charge in [-0.2, -0.15) is 0 Å². The van der Waals surface area contributed by atoms with E-state index < -0.39 is 12.1 Å². The lowest BCUT2D eigenvalue weighted by Gasteiger charge is -2.13. The number of ether oxygens (including phenoxy) is 2. The third kappa shape index (κ3) is 27.7. The number of hydrogen-bond acceptors (Lipinski definition) is 8. The highest BCUT2D eigenvalue weighted by atomic mass is 33.1. The number of carbonyl (C=O) groups is 2. The molecule has 1 unspecified atom stereocenters. The molecule has 0 saturated carbocycles. The molecule has 0 saturated heterocycles. The third-order valence-corrected chi connectivity index (χ3v) is 9.64. The summed E-state index contributed by atoms with van der Waals surface area (Å²) in [5.74, 6) is 0.163. The number of hydrogen-bond donors (Lipinski definition) is 2. The second-order valence-corrected chi connectivity index (χ2v) is 13.7. The Bertz CT molecular complexity index is 521. The Morgan fingerprint density at radius 1 is 0.475 bits per heavy atom. The number of carbonyl (C=O) groups excluding carboxylic acids is 2. The van der Waals surface area contributed by atoms with Crippen LogP contribution in [0.4, 0.5) is 0 Å². The molecule has 40 heavy (non-hydrogen) atoms. The Hall–Kier alpha value is -0.440. The van der Waals surface area contributed by atoms with Gasteiger partial charge < -0.3 is 20.9 Å². The normalized spacial score (nSPS) is 12.8. The molecular formula is C32H64N2O4S2. The lowest BCUT2D eigenvalue weighted by molar-refractivity contribution is -0.145. The topological polar surface area (TPSA) is 105 Å². The maximum atomic E-state index is 12.1. The van der Waals surface area contributed by atoms with Gasteiger partial charge in [0.2, 0.25) is 0 Å². The minimum absolute atomic E-state index is 0.351. The molecule has 4 N–H and O–H groups in total. The van der Waals surface area contributed by atoms with Crippen LogP contribution in [-0.2, 0) is 19.1 Å². The van der Waals surface area contributed by atoms with Crippen molar-refractivity contribution in [2.75, 3.05) is 24.7 Å². The molecular weight excluding hydrogens is 540 g/mol. The Morgan fingerprint density at radius 3 is 1.00 bits per heavy atom. The van der Waals surface area contributed by atoms with Crippen molar-refractivity contribution in [1.82, 2.24) is 0 Å². The molecule has 0 aliphatic carbocycles. The summed E-state index contributed by atoms with van der Waals surface area (Å²) in [6.45, 7) is 5.39. The first-order valence-corrected chi connectivity index (χ1v) is 19.1. The summed E-state index contributed by atoms with van der Waals surface area (Å²) >= 11 is 0. The molecule has 0 bridgehead atoms. The monoisotopic (exact) mass is 604 g/mol. The van der Waals surface area contributed by atoms with Gasteiger partial charge in [0.15, 0.2) is 0 Å². The summed E-state index contributed by atoms with van der Waals surface area (Å²) in [5, 5.41) is 0. The van der Waals surface area contributed by atoms with Gasteiger partial charge in [0.05, 0.1) is 13.2 Å². The molecule has 0 rings (SSSR count).